The van der Waals surface area contributed by atoms with Crippen LogP contribution in [0.4, 0.5) is 0 Å². The maximum atomic E-state index is 11.2. The Labute approximate surface area is 105 Å². The highest BCUT2D eigenvalue weighted by atomic mass is 32.2. The number of hydrogen-bond donors (Lipinski definition) is 1. The van der Waals surface area contributed by atoms with Gasteiger partial charge < -0.3 is 0 Å². The smallest absolute Gasteiger partial charge is 0.269 e. The summed E-state index contributed by atoms with van der Waals surface area (Å²) in [6.45, 7) is 0. The minimum absolute atomic E-state index is 0.471. The van der Waals surface area contributed by atoms with E-state index < -0.39 is 5.91 Å². The molecular formula is C13H13NO2S. The van der Waals surface area contributed by atoms with Crippen molar-refractivity contribution in [3.63, 3.8) is 0 Å². The molecule has 0 aliphatic heterocycles. The van der Waals surface area contributed by atoms with Gasteiger partial charge in [0.15, 0.2) is 0 Å². The summed E-state index contributed by atoms with van der Waals surface area (Å²) in [6, 6.07) is 7.62. The van der Waals surface area contributed by atoms with Crippen molar-refractivity contribution in [2.75, 3.05) is 12.8 Å². The zero-order valence-electron chi connectivity index (χ0n) is 9.46. The molecule has 1 amide bonds. The number of thioether (sulfide) groups is 1. The Bertz CT molecular complexity index is 461. The van der Waals surface area contributed by atoms with Gasteiger partial charge in [-0.25, -0.2) is 5.06 Å². The number of carbonyl (C=O) groups is 1. The summed E-state index contributed by atoms with van der Waals surface area (Å²) in [4.78, 5) is 12.2. The van der Waals surface area contributed by atoms with Crippen molar-refractivity contribution in [1.29, 1.82) is 0 Å². The van der Waals surface area contributed by atoms with Crippen LogP contribution >= 0.6 is 11.8 Å². The first-order chi connectivity index (χ1) is 8.15. The lowest BCUT2D eigenvalue weighted by molar-refractivity contribution is -0.153. The standard InChI is InChI=1S/C13H13NO2S/c1-3-10-17-12-7-5-4-6-11(12)8-9-13(15)14(2)16/h1,4-9,16H,10H2,2H3. The number of terminal acetylenes is 1. The molecule has 1 aromatic carbocycles. The van der Waals surface area contributed by atoms with Crippen molar-refractivity contribution >= 4 is 23.7 Å². The molecule has 0 fully saturated rings. The number of rotatable bonds is 4. The first-order valence-corrected chi connectivity index (χ1v) is 5.93. The Kier molecular flexibility index (Phi) is 5.34. The summed E-state index contributed by atoms with van der Waals surface area (Å²) in [5.41, 5.74) is 0.906. The summed E-state index contributed by atoms with van der Waals surface area (Å²) in [6.07, 6.45) is 8.18. The molecule has 0 aromatic heterocycles. The van der Waals surface area contributed by atoms with Crippen LogP contribution in [0, 0.1) is 12.3 Å². The fourth-order valence-corrected chi connectivity index (χ4v) is 1.85. The SMILES string of the molecule is C#CCSc1ccccc1C=CC(=O)N(C)O. The largest absolute Gasteiger partial charge is 0.286 e. The predicted octanol–water partition coefficient (Wildman–Crippen LogP) is 2.27. The van der Waals surface area contributed by atoms with Gasteiger partial charge in [0.1, 0.15) is 0 Å². The summed E-state index contributed by atoms with van der Waals surface area (Å²) >= 11 is 1.53. The van der Waals surface area contributed by atoms with E-state index in [-0.39, 0.29) is 0 Å². The second-order valence-electron chi connectivity index (χ2n) is 3.23. The van der Waals surface area contributed by atoms with Gasteiger partial charge in [0.05, 0.1) is 5.75 Å². The minimum Gasteiger partial charge on any atom is -0.286 e. The Morgan fingerprint density at radius 2 is 2.29 bits per heavy atom. The molecule has 0 aliphatic carbocycles. The van der Waals surface area contributed by atoms with E-state index >= 15 is 0 Å². The lowest BCUT2D eigenvalue weighted by Gasteiger charge is -2.05. The number of hydroxylamine groups is 2. The van der Waals surface area contributed by atoms with Crippen LogP contribution in [0.2, 0.25) is 0 Å². The number of carbonyl (C=O) groups excluding carboxylic acids is 1. The van der Waals surface area contributed by atoms with Gasteiger partial charge in [0, 0.05) is 18.0 Å². The van der Waals surface area contributed by atoms with Crippen LogP contribution < -0.4 is 0 Å². The second kappa shape index (κ2) is 6.79. The zero-order valence-corrected chi connectivity index (χ0v) is 10.3. The fraction of sp³-hybridized carbons (Fsp3) is 0.154. The third-order valence-electron chi connectivity index (χ3n) is 1.95. The van der Waals surface area contributed by atoms with Crippen LogP contribution in [-0.4, -0.2) is 29.0 Å². The highest BCUT2D eigenvalue weighted by molar-refractivity contribution is 7.99. The molecule has 0 spiro atoms. The predicted molar refractivity (Wildman–Crippen MR) is 69.6 cm³/mol. The molecular weight excluding hydrogens is 234 g/mol. The van der Waals surface area contributed by atoms with E-state index in [4.69, 9.17) is 11.6 Å². The van der Waals surface area contributed by atoms with Gasteiger partial charge in [-0.3, -0.25) is 10.0 Å². The van der Waals surface area contributed by atoms with Gasteiger partial charge in [0.25, 0.3) is 5.91 Å². The molecule has 3 nitrogen and oxygen atoms in total. The number of nitrogens with zero attached hydrogens (tertiary/aromatic N) is 1. The van der Waals surface area contributed by atoms with Gasteiger partial charge in [-0.2, -0.15) is 0 Å². The average molecular weight is 247 g/mol. The van der Waals surface area contributed by atoms with Crippen LogP contribution in [0.1, 0.15) is 5.56 Å². The number of hydrogen-bond acceptors (Lipinski definition) is 3. The van der Waals surface area contributed by atoms with Crippen molar-refractivity contribution < 1.29 is 10.0 Å². The molecule has 4 heteroatoms. The van der Waals surface area contributed by atoms with Crippen LogP contribution in [0.5, 0.6) is 0 Å². The van der Waals surface area contributed by atoms with Crippen LogP contribution in [0.15, 0.2) is 35.2 Å². The summed E-state index contributed by atoms with van der Waals surface area (Å²) < 4.78 is 0. The normalized spacial score (nSPS) is 10.2. The number of benzene rings is 1. The lowest BCUT2D eigenvalue weighted by atomic mass is 10.2. The monoisotopic (exact) mass is 247 g/mol. The molecule has 88 valence electrons. The quantitative estimate of drug-likeness (QED) is 0.292. The molecule has 0 atom stereocenters. The van der Waals surface area contributed by atoms with E-state index in [1.807, 2.05) is 24.3 Å². The Balaban J connectivity index is 2.83. The maximum Gasteiger partial charge on any atom is 0.269 e. The highest BCUT2D eigenvalue weighted by Crippen LogP contribution is 2.23. The molecule has 0 radical (unpaired) electrons. The molecule has 1 N–H and O–H groups in total. The lowest BCUT2D eigenvalue weighted by Crippen LogP contribution is -2.19. The van der Waals surface area contributed by atoms with Crippen LogP contribution in [0.3, 0.4) is 0 Å². The van der Waals surface area contributed by atoms with Crippen molar-refractivity contribution in [1.82, 2.24) is 5.06 Å². The molecule has 17 heavy (non-hydrogen) atoms. The zero-order chi connectivity index (χ0) is 12.7. The molecule has 0 saturated heterocycles. The Morgan fingerprint density at radius 1 is 1.59 bits per heavy atom. The minimum atomic E-state index is -0.471. The molecule has 0 saturated carbocycles. The van der Waals surface area contributed by atoms with E-state index in [9.17, 15) is 4.79 Å². The van der Waals surface area contributed by atoms with E-state index in [1.165, 1.54) is 24.9 Å². The average Bonchev–Trinajstić information content (AvgIpc) is 2.34. The molecule has 0 bridgehead atoms. The maximum absolute atomic E-state index is 11.2. The Hall–Kier alpha value is -1.70. The first kappa shape index (κ1) is 13.4. The van der Waals surface area contributed by atoms with Gasteiger partial charge in [-0.15, -0.1) is 18.2 Å². The number of likely N-dealkylation sites (N-methyl/N-ethyl adjacent to an activating group) is 1. The second-order valence-corrected chi connectivity index (χ2v) is 4.24. The highest BCUT2D eigenvalue weighted by Gasteiger charge is 2.01. The number of amides is 1. The van der Waals surface area contributed by atoms with Crippen molar-refractivity contribution in [3.05, 3.63) is 35.9 Å². The third kappa shape index (κ3) is 4.35. The van der Waals surface area contributed by atoms with Gasteiger partial charge >= 0.3 is 0 Å². The third-order valence-corrected chi connectivity index (χ3v) is 2.95. The van der Waals surface area contributed by atoms with Gasteiger partial charge in [-0.05, 0) is 17.7 Å². The summed E-state index contributed by atoms with van der Waals surface area (Å²) in [5, 5.41) is 9.45. The summed E-state index contributed by atoms with van der Waals surface area (Å²) in [7, 11) is 1.28. The van der Waals surface area contributed by atoms with Gasteiger partial charge in [-0.1, -0.05) is 24.1 Å². The van der Waals surface area contributed by atoms with Crippen LogP contribution in [0.25, 0.3) is 6.08 Å². The molecule has 1 aromatic rings. The molecule has 0 heterocycles. The van der Waals surface area contributed by atoms with E-state index in [1.54, 1.807) is 6.08 Å². The van der Waals surface area contributed by atoms with E-state index in [0.717, 1.165) is 10.5 Å². The van der Waals surface area contributed by atoms with Crippen molar-refractivity contribution in [3.8, 4) is 12.3 Å². The Morgan fingerprint density at radius 3 is 2.94 bits per heavy atom. The fourth-order valence-electron chi connectivity index (χ4n) is 1.14. The van der Waals surface area contributed by atoms with E-state index in [2.05, 4.69) is 5.92 Å². The van der Waals surface area contributed by atoms with Crippen molar-refractivity contribution in [2.24, 2.45) is 0 Å². The summed E-state index contributed by atoms with van der Waals surface area (Å²) in [5.74, 6) is 2.66. The topological polar surface area (TPSA) is 40.5 Å². The van der Waals surface area contributed by atoms with E-state index in [0.29, 0.717) is 10.8 Å². The molecule has 0 aliphatic rings. The first-order valence-electron chi connectivity index (χ1n) is 4.95. The van der Waals surface area contributed by atoms with Crippen molar-refractivity contribution in [2.45, 2.75) is 4.90 Å². The molecule has 0 unspecified atom stereocenters. The molecule has 1 rings (SSSR count). The van der Waals surface area contributed by atoms with Gasteiger partial charge in [0.2, 0.25) is 0 Å². The van der Waals surface area contributed by atoms with Crippen LogP contribution in [-0.2, 0) is 4.79 Å².